The molecule has 0 spiro atoms. The minimum atomic E-state index is -0.837. The van der Waals surface area contributed by atoms with Crippen LogP contribution in [0.4, 0.5) is 14.5 Å². The van der Waals surface area contributed by atoms with Crippen LogP contribution in [0, 0.1) is 18.6 Å². The Morgan fingerprint density at radius 3 is 2.58 bits per heavy atom. The Kier molecular flexibility index (Phi) is 4.14. The highest BCUT2D eigenvalue weighted by Crippen LogP contribution is 2.23. The number of benzene rings is 1. The molecular formula is C14H13BrF2N2. The van der Waals surface area contributed by atoms with E-state index in [-0.39, 0.29) is 6.04 Å². The molecule has 0 aliphatic heterocycles. The molecule has 2 rings (SSSR count). The van der Waals surface area contributed by atoms with Crippen molar-refractivity contribution in [3.63, 3.8) is 0 Å². The first-order valence-electron chi connectivity index (χ1n) is 5.81. The summed E-state index contributed by atoms with van der Waals surface area (Å²) in [5.41, 5.74) is 2.51. The molecule has 0 radical (unpaired) electrons. The maximum absolute atomic E-state index is 13.2. The lowest BCUT2D eigenvalue weighted by Gasteiger charge is -2.16. The van der Waals surface area contributed by atoms with Crippen molar-refractivity contribution < 1.29 is 8.78 Å². The van der Waals surface area contributed by atoms with Gasteiger partial charge in [-0.2, -0.15) is 0 Å². The van der Waals surface area contributed by atoms with E-state index in [0.717, 1.165) is 21.9 Å². The highest BCUT2D eigenvalue weighted by atomic mass is 79.9. The molecule has 1 heterocycles. The first-order chi connectivity index (χ1) is 8.97. The monoisotopic (exact) mass is 326 g/mol. The summed E-state index contributed by atoms with van der Waals surface area (Å²) in [5.74, 6) is -1.67. The topological polar surface area (TPSA) is 24.9 Å². The lowest BCUT2D eigenvalue weighted by molar-refractivity contribution is 0.506. The molecule has 5 heteroatoms. The molecule has 0 fully saturated rings. The van der Waals surface area contributed by atoms with Crippen LogP contribution in [0.25, 0.3) is 0 Å². The van der Waals surface area contributed by atoms with Gasteiger partial charge in [-0.05, 0) is 59.1 Å². The van der Waals surface area contributed by atoms with Crippen molar-refractivity contribution in [3.05, 3.63) is 57.8 Å². The fourth-order valence-corrected chi connectivity index (χ4v) is 1.97. The van der Waals surface area contributed by atoms with Crippen LogP contribution in [0.5, 0.6) is 0 Å². The van der Waals surface area contributed by atoms with Gasteiger partial charge in [0.25, 0.3) is 0 Å². The predicted molar refractivity (Wildman–Crippen MR) is 75.1 cm³/mol. The van der Waals surface area contributed by atoms with E-state index in [1.165, 1.54) is 6.07 Å². The first-order valence-corrected chi connectivity index (χ1v) is 6.60. The Labute approximate surface area is 119 Å². The number of nitrogens with one attached hydrogen (secondary N) is 1. The number of aromatic nitrogens is 1. The number of hydrogen-bond acceptors (Lipinski definition) is 2. The maximum Gasteiger partial charge on any atom is 0.159 e. The van der Waals surface area contributed by atoms with Crippen molar-refractivity contribution in [1.82, 2.24) is 4.98 Å². The normalized spacial score (nSPS) is 12.3. The second-order valence-corrected chi connectivity index (χ2v) is 5.12. The fourth-order valence-electron chi connectivity index (χ4n) is 1.75. The van der Waals surface area contributed by atoms with Gasteiger partial charge in [-0.1, -0.05) is 6.07 Å². The largest absolute Gasteiger partial charge is 0.377 e. The van der Waals surface area contributed by atoms with E-state index in [0.29, 0.717) is 5.56 Å². The molecule has 1 N–H and O–H groups in total. The van der Waals surface area contributed by atoms with E-state index < -0.39 is 11.6 Å². The summed E-state index contributed by atoms with van der Waals surface area (Å²) < 4.78 is 26.8. The summed E-state index contributed by atoms with van der Waals surface area (Å²) in [4.78, 5) is 4.18. The summed E-state index contributed by atoms with van der Waals surface area (Å²) in [6.45, 7) is 3.81. The number of pyridine rings is 1. The second-order valence-electron chi connectivity index (χ2n) is 4.37. The molecule has 1 unspecified atom stereocenters. The summed E-state index contributed by atoms with van der Waals surface area (Å²) in [6.07, 6.45) is 1.69. The highest BCUT2D eigenvalue weighted by molar-refractivity contribution is 9.10. The molecule has 1 atom stereocenters. The van der Waals surface area contributed by atoms with Crippen molar-refractivity contribution in [2.75, 3.05) is 5.32 Å². The van der Waals surface area contributed by atoms with E-state index in [1.54, 1.807) is 12.3 Å². The molecule has 0 saturated heterocycles. The third-order valence-electron chi connectivity index (χ3n) is 2.84. The van der Waals surface area contributed by atoms with Crippen LogP contribution in [-0.2, 0) is 0 Å². The van der Waals surface area contributed by atoms with E-state index >= 15 is 0 Å². The molecule has 19 heavy (non-hydrogen) atoms. The molecule has 0 aliphatic carbocycles. The van der Waals surface area contributed by atoms with Crippen LogP contribution in [0.1, 0.15) is 24.1 Å². The van der Waals surface area contributed by atoms with Crippen LogP contribution in [-0.4, -0.2) is 4.98 Å². The molecule has 2 nitrogen and oxygen atoms in total. The molecule has 0 aliphatic rings. The summed E-state index contributed by atoms with van der Waals surface area (Å²) in [6, 6.07) is 5.69. The fraction of sp³-hybridized carbons (Fsp3) is 0.214. The molecule has 0 bridgehead atoms. The van der Waals surface area contributed by atoms with Crippen molar-refractivity contribution in [1.29, 1.82) is 0 Å². The average Bonchev–Trinajstić information content (AvgIpc) is 2.37. The van der Waals surface area contributed by atoms with E-state index in [2.05, 4.69) is 26.2 Å². The van der Waals surface area contributed by atoms with E-state index in [1.807, 2.05) is 19.9 Å². The van der Waals surface area contributed by atoms with Crippen LogP contribution >= 0.6 is 15.9 Å². The molecule has 0 amide bonds. The van der Waals surface area contributed by atoms with Gasteiger partial charge in [-0.3, -0.25) is 0 Å². The zero-order valence-electron chi connectivity index (χ0n) is 10.5. The minimum Gasteiger partial charge on any atom is -0.377 e. The van der Waals surface area contributed by atoms with Crippen LogP contribution in [0.3, 0.4) is 0 Å². The van der Waals surface area contributed by atoms with E-state index in [9.17, 15) is 8.78 Å². The minimum absolute atomic E-state index is 0.141. The first kappa shape index (κ1) is 13.9. The van der Waals surface area contributed by atoms with Gasteiger partial charge in [-0.25, -0.2) is 13.8 Å². The van der Waals surface area contributed by atoms with Crippen molar-refractivity contribution >= 4 is 21.6 Å². The van der Waals surface area contributed by atoms with Gasteiger partial charge in [0.05, 0.1) is 11.9 Å². The quantitative estimate of drug-likeness (QED) is 0.833. The molecule has 100 valence electrons. The molecule has 1 aromatic heterocycles. The maximum atomic E-state index is 13.2. The Morgan fingerprint density at radius 2 is 1.95 bits per heavy atom. The molecule has 2 aromatic rings. The third-order valence-corrected chi connectivity index (χ3v) is 3.67. The van der Waals surface area contributed by atoms with Gasteiger partial charge in [0.1, 0.15) is 4.60 Å². The summed E-state index contributed by atoms with van der Waals surface area (Å²) in [5, 5.41) is 3.20. The predicted octanol–water partition coefficient (Wildman–Crippen LogP) is 4.60. The second kappa shape index (κ2) is 5.65. The molecule has 1 aromatic carbocycles. The number of halogens is 3. The zero-order valence-corrected chi connectivity index (χ0v) is 12.1. The Balaban J connectivity index is 2.17. The van der Waals surface area contributed by atoms with Gasteiger partial charge in [0.2, 0.25) is 0 Å². The van der Waals surface area contributed by atoms with Crippen molar-refractivity contribution in [3.8, 4) is 0 Å². The Bertz CT molecular complexity index is 602. The zero-order chi connectivity index (χ0) is 14.0. The van der Waals surface area contributed by atoms with Crippen molar-refractivity contribution in [2.45, 2.75) is 19.9 Å². The SMILES string of the molecule is Cc1cc(NC(C)c2ccc(F)c(F)c2)cnc1Br. The lowest BCUT2D eigenvalue weighted by atomic mass is 10.1. The van der Waals surface area contributed by atoms with Crippen LogP contribution < -0.4 is 5.32 Å². The Hall–Kier alpha value is -1.49. The molecular weight excluding hydrogens is 314 g/mol. The summed E-state index contributed by atoms with van der Waals surface area (Å²) in [7, 11) is 0. The summed E-state index contributed by atoms with van der Waals surface area (Å²) >= 11 is 3.33. The highest BCUT2D eigenvalue weighted by Gasteiger charge is 2.09. The number of nitrogens with zero attached hydrogens (tertiary/aromatic N) is 1. The number of hydrogen-bond donors (Lipinski definition) is 1. The van der Waals surface area contributed by atoms with Gasteiger partial charge in [0, 0.05) is 6.04 Å². The number of anilines is 1. The lowest BCUT2D eigenvalue weighted by Crippen LogP contribution is -2.07. The van der Waals surface area contributed by atoms with Gasteiger partial charge in [-0.15, -0.1) is 0 Å². The smallest absolute Gasteiger partial charge is 0.159 e. The average molecular weight is 327 g/mol. The Morgan fingerprint density at radius 1 is 1.21 bits per heavy atom. The third kappa shape index (κ3) is 3.29. The standard InChI is InChI=1S/C14H13BrF2N2/c1-8-5-11(7-18-14(8)15)19-9(2)10-3-4-12(16)13(17)6-10/h3-7,9,19H,1-2H3. The van der Waals surface area contributed by atoms with Crippen LogP contribution in [0.2, 0.25) is 0 Å². The van der Waals surface area contributed by atoms with E-state index in [4.69, 9.17) is 0 Å². The van der Waals surface area contributed by atoms with Crippen molar-refractivity contribution in [2.24, 2.45) is 0 Å². The molecule has 0 saturated carbocycles. The van der Waals surface area contributed by atoms with Crippen LogP contribution in [0.15, 0.2) is 35.1 Å². The number of aryl methyl sites for hydroxylation is 1. The number of rotatable bonds is 3. The van der Waals surface area contributed by atoms with Gasteiger partial charge in [0.15, 0.2) is 11.6 Å². The van der Waals surface area contributed by atoms with Gasteiger partial charge >= 0.3 is 0 Å². The van der Waals surface area contributed by atoms with Gasteiger partial charge < -0.3 is 5.32 Å².